The standard InChI is InChI=1S/C20H24N2O2S2/c1-16(14-17-6-3-2-4-7-17)15-18-19(23)22(20(25)26-18)9-5-8-21-10-12-24-13-11-21/h2-4,6-7,14-15H,5,8-13H2,1H3/b16-14+,18-15-. The number of morpholine rings is 1. The highest BCUT2D eigenvalue weighted by molar-refractivity contribution is 8.26. The molecule has 0 atom stereocenters. The first kappa shape index (κ1) is 19.3. The molecule has 1 amide bonds. The van der Waals surface area contributed by atoms with Crippen LogP contribution in [0, 0.1) is 0 Å². The fourth-order valence-corrected chi connectivity index (χ4v) is 4.39. The second kappa shape index (κ2) is 9.46. The Morgan fingerprint density at radius 3 is 2.69 bits per heavy atom. The van der Waals surface area contributed by atoms with E-state index in [1.807, 2.05) is 43.3 Å². The van der Waals surface area contributed by atoms with E-state index in [0.29, 0.717) is 15.8 Å². The van der Waals surface area contributed by atoms with E-state index in [1.165, 1.54) is 11.8 Å². The first-order valence-electron chi connectivity index (χ1n) is 8.92. The lowest BCUT2D eigenvalue weighted by Crippen LogP contribution is -2.38. The van der Waals surface area contributed by atoms with E-state index in [0.717, 1.165) is 50.4 Å². The lowest BCUT2D eigenvalue weighted by molar-refractivity contribution is -0.122. The molecule has 138 valence electrons. The molecule has 0 saturated carbocycles. The van der Waals surface area contributed by atoms with Crippen LogP contribution >= 0.6 is 24.0 Å². The molecular formula is C20H24N2O2S2. The van der Waals surface area contributed by atoms with E-state index in [-0.39, 0.29) is 5.91 Å². The fourth-order valence-electron chi connectivity index (χ4n) is 3.03. The number of hydrogen-bond donors (Lipinski definition) is 0. The van der Waals surface area contributed by atoms with Crippen molar-refractivity contribution in [3.05, 3.63) is 52.4 Å². The number of benzene rings is 1. The topological polar surface area (TPSA) is 32.8 Å². The normalized spacial score (nSPS) is 21.0. The minimum atomic E-state index is 0.0304. The highest BCUT2D eigenvalue weighted by Gasteiger charge is 2.31. The summed E-state index contributed by atoms with van der Waals surface area (Å²) in [5.41, 5.74) is 2.17. The van der Waals surface area contributed by atoms with Crippen LogP contribution < -0.4 is 0 Å². The number of rotatable bonds is 6. The summed E-state index contributed by atoms with van der Waals surface area (Å²) < 4.78 is 6.03. The molecular weight excluding hydrogens is 364 g/mol. The first-order chi connectivity index (χ1) is 12.6. The monoisotopic (exact) mass is 388 g/mol. The lowest BCUT2D eigenvalue weighted by Gasteiger charge is -2.27. The van der Waals surface area contributed by atoms with E-state index >= 15 is 0 Å². The zero-order valence-electron chi connectivity index (χ0n) is 15.0. The Kier molecular flexibility index (Phi) is 7.02. The third-order valence-corrected chi connectivity index (χ3v) is 5.76. The van der Waals surface area contributed by atoms with Gasteiger partial charge in [-0.25, -0.2) is 0 Å². The minimum absolute atomic E-state index is 0.0304. The molecule has 2 aliphatic heterocycles. The van der Waals surface area contributed by atoms with Crippen molar-refractivity contribution in [3.8, 4) is 0 Å². The molecule has 0 spiro atoms. The molecule has 4 nitrogen and oxygen atoms in total. The Morgan fingerprint density at radius 1 is 1.23 bits per heavy atom. The number of amides is 1. The Labute approximate surface area is 164 Å². The summed E-state index contributed by atoms with van der Waals surface area (Å²) in [7, 11) is 0. The smallest absolute Gasteiger partial charge is 0.266 e. The van der Waals surface area contributed by atoms with Gasteiger partial charge in [0.05, 0.1) is 18.1 Å². The molecule has 0 unspecified atom stereocenters. The molecule has 2 saturated heterocycles. The van der Waals surface area contributed by atoms with E-state index in [9.17, 15) is 4.79 Å². The molecule has 6 heteroatoms. The van der Waals surface area contributed by atoms with Gasteiger partial charge in [0.15, 0.2) is 0 Å². The fraction of sp³-hybridized carbons (Fsp3) is 0.400. The largest absolute Gasteiger partial charge is 0.379 e. The van der Waals surface area contributed by atoms with Crippen LogP contribution in [0.15, 0.2) is 46.9 Å². The van der Waals surface area contributed by atoms with Crippen molar-refractivity contribution < 1.29 is 9.53 Å². The second-order valence-electron chi connectivity index (χ2n) is 6.44. The van der Waals surface area contributed by atoms with Crippen LogP contribution in [0.25, 0.3) is 6.08 Å². The van der Waals surface area contributed by atoms with Gasteiger partial charge >= 0.3 is 0 Å². The molecule has 0 aliphatic carbocycles. The zero-order chi connectivity index (χ0) is 18.4. The average molecular weight is 389 g/mol. The number of nitrogens with zero attached hydrogens (tertiary/aromatic N) is 2. The summed E-state index contributed by atoms with van der Waals surface area (Å²) in [6.07, 6.45) is 4.94. The van der Waals surface area contributed by atoms with Crippen LogP contribution in [0.3, 0.4) is 0 Å². The molecule has 2 aliphatic rings. The quantitative estimate of drug-likeness (QED) is 0.550. The predicted molar refractivity (Wildman–Crippen MR) is 112 cm³/mol. The summed E-state index contributed by atoms with van der Waals surface area (Å²) in [5.74, 6) is 0.0304. The van der Waals surface area contributed by atoms with Crippen molar-refractivity contribution in [3.63, 3.8) is 0 Å². The number of thiocarbonyl (C=S) groups is 1. The molecule has 0 bridgehead atoms. The van der Waals surface area contributed by atoms with Crippen molar-refractivity contribution in [2.45, 2.75) is 13.3 Å². The van der Waals surface area contributed by atoms with Gasteiger partial charge in [-0.15, -0.1) is 0 Å². The molecule has 0 radical (unpaired) electrons. The van der Waals surface area contributed by atoms with E-state index in [1.54, 1.807) is 4.90 Å². The molecule has 2 fully saturated rings. The molecule has 26 heavy (non-hydrogen) atoms. The van der Waals surface area contributed by atoms with E-state index in [2.05, 4.69) is 11.0 Å². The van der Waals surface area contributed by atoms with Crippen LogP contribution in [-0.4, -0.2) is 59.4 Å². The minimum Gasteiger partial charge on any atom is -0.379 e. The van der Waals surface area contributed by atoms with Crippen molar-refractivity contribution in [1.29, 1.82) is 0 Å². The van der Waals surface area contributed by atoms with Crippen LogP contribution in [0.2, 0.25) is 0 Å². The van der Waals surface area contributed by atoms with Gasteiger partial charge in [-0.1, -0.05) is 60.4 Å². The predicted octanol–water partition coefficient (Wildman–Crippen LogP) is 3.56. The van der Waals surface area contributed by atoms with Crippen LogP contribution in [-0.2, 0) is 9.53 Å². The van der Waals surface area contributed by atoms with Gasteiger partial charge in [0.25, 0.3) is 5.91 Å². The second-order valence-corrected chi connectivity index (χ2v) is 8.12. The van der Waals surface area contributed by atoms with Crippen molar-refractivity contribution in [2.24, 2.45) is 0 Å². The Hall–Kier alpha value is -1.47. The van der Waals surface area contributed by atoms with Crippen LogP contribution in [0.4, 0.5) is 0 Å². The molecule has 0 N–H and O–H groups in total. The number of carbonyl (C=O) groups excluding carboxylic acids is 1. The van der Waals surface area contributed by atoms with Crippen molar-refractivity contribution in [2.75, 3.05) is 39.4 Å². The molecule has 1 aromatic carbocycles. The maximum Gasteiger partial charge on any atom is 0.266 e. The summed E-state index contributed by atoms with van der Waals surface area (Å²) in [5, 5.41) is 0. The number of thioether (sulfide) groups is 1. The van der Waals surface area contributed by atoms with Gasteiger partial charge in [0.2, 0.25) is 0 Å². The Bertz CT molecular complexity index is 710. The maximum atomic E-state index is 12.7. The zero-order valence-corrected chi connectivity index (χ0v) is 16.7. The van der Waals surface area contributed by atoms with Gasteiger partial charge < -0.3 is 4.74 Å². The van der Waals surface area contributed by atoms with Crippen molar-refractivity contribution >= 4 is 40.3 Å². The summed E-state index contributed by atoms with van der Waals surface area (Å²) in [6, 6.07) is 10.1. The third-order valence-electron chi connectivity index (χ3n) is 4.39. The van der Waals surface area contributed by atoms with Gasteiger partial charge in [-0.2, -0.15) is 0 Å². The average Bonchev–Trinajstić information content (AvgIpc) is 2.90. The molecule has 0 aromatic heterocycles. The lowest BCUT2D eigenvalue weighted by atomic mass is 10.1. The van der Waals surface area contributed by atoms with Crippen LogP contribution in [0.5, 0.6) is 0 Å². The van der Waals surface area contributed by atoms with Crippen molar-refractivity contribution in [1.82, 2.24) is 9.80 Å². The number of carbonyl (C=O) groups is 1. The third kappa shape index (κ3) is 5.27. The molecule has 2 heterocycles. The highest BCUT2D eigenvalue weighted by atomic mass is 32.2. The summed E-state index contributed by atoms with van der Waals surface area (Å²) >= 11 is 6.82. The molecule has 1 aromatic rings. The number of hydrogen-bond acceptors (Lipinski definition) is 5. The highest BCUT2D eigenvalue weighted by Crippen LogP contribution is 2.32. The van der Waals surface area contributed by atoms with Gasteiger partial charge in [0.1, 0.15) is 4.32 Å². The molecule has 3 rings (SSSR count). The Balaban J connectivity index is 1.56. The SMILES string of the molecule is CC(/C=C1\SC(=S)N(CCCN2CCOCC2)C1=O)=C\c1ccccc1. The first-order valence-corrected chi connectivity index (χ1v) is 10.1. The van der Waals surface area contributed by atoms with Crippen LogP contribution in [0.1, 0.15) is 18.9 Å². The Morgan fingerprint density at radius 2 is 1.96 bits per heavy atom. The van der Waals surface area contributed by atoms with Gasteiger partial charge in [0, 0.05) is 26.2 Å². The summed E-state index contributed by atoms with van der Waals surface area (Å²) in [6.45, 7) is 7.22. The van der Waals surface area contributed by atoms with Gasteiger partial charge in [-0.3, -0.25) is 14.6 Å². The summed E-state index contributed by atoms with van der Waals surface area (Å²) in [4.78, 5) is 17.5. The van der Waals surface area contributed by atoms with E-state index in [4.69, 9.17) is 17.0 Å². The van der Waals surface area contributed by atoms with Gasteiger partial charge in [-0.05, 0) is 30.6 Å². The van der Waals surface area contributed by atoms with E-state index < -0.39 is 0 Å². The number of allylic oxidation sites excluding steroid dienone is 2. The maximum absolute atomic E-state index is 12.7. The number of ether oxygens (including phenoxy) is 1.